The fourth-order valence-electron chi connectivity index (χ4n) is 2.38. The van der Waals surface area contributed by atoms with Crippen LogP contribution >= 0.6 is 0 Å². The third kappa shape index (κ3) is 3.19. The summed E-state index contributed by atoms with van der Waals surface area (Å²) in [6.45, 7) is 0.213. The van der Waals surface area contributed by atoms with Crippen LogP contribution in [0, 0.1) is 0 Å². The van der Waals surface area contributed by atoms with Gasteiger partial charge >= 0.3 is 0 Å². The lowest BCUT2D eigenvalue weighted by Crippen LogP contribution is -2.22. The summed E-state index contributed by atoms with van der Waals surface area (Å²) in [7, 11) is -3.86. The highest BCUT2D eigenvalue weighted by molar-refractivity contribution is 7.89. The summed E-state index contributed by atoms with van der Waals surface area (Å²) in [5.74, 6) is 1.43. The van der Waals surface area contributed by atoms with Crippen molar-refractivity contribution in [3.8, 4) is 23.0 Å². The fourth-order valence-corrected chi connectivity index (χ4v) is 3.33. The van der Waals surface area contributed by atoms with Crippen molar-refractivity contribution in [1.82, 2.24) is 14.9 Å². The molecule has 2 aromatic heterocycles. The van der Waals surface area contributed by atoms with E-state index in [1.807, 2.05) is 0 Å². The van der Waals surface area contributed by atoms with Gasteiger partial charge in [0, 0.05) is 12.6 Å². The number of nitrogens with zero attached hydrogens (tertiary/aromatic N) is 1. The van der Waals surface area contributed by atoms with Crippen LogP contribution in [0.4, 0.5) is 0 Å². The van der Waals surface area contributed by atoms with Crippen LogP contribution in [-0.2, 0) is 16.6 Å². The number of ether oxygens (including phenoxy) is 2. The zero-order valence-electron chi connectivity index (χ0n) is 13.3. The van der Waals surface area contributed by atoms with E-state index in [2.05, 4.69) is 14.9 Å². The van der Waals surface area contributed by atoms with E-state index in [0.29, 0.717) is 22.8 Å². The Balaban J connectivity index is 1.50. The molecule has 0 spiro atoms. The number of benzene rings is 1. The van der Waals surface area contributed by atoms with Gasteiger partial charge in [0.1, 0.15) is 5.69 Å². The molecule has 0 radical (unpaired) electrons. The second-order valence-electron chi connectivity index (χ2n) is 5.44. The summed E-state index contributed by atoms with van der Waals surface area (Å²) in [5, 5.41) is 5.81. The lowest BCUT2D eigenvalue weighted by molar-refractivity contribution is 0.174. The molecular formula is C16H13N3O6S. The predicted molar refractivity (Wildman–Crippen MR) is 89.2 cm³/mol. The van der Waals surface area contributed by atoms with E-state index in [0.717, 1.165) is 0 Å². The van der Waals surface area contributed by atoms with Crippen molar-refractivity contribution in [1.29, 1.82) is 0 Å². The molecule has 0 fully saturated rings. The molecule has 10 heteroatoms. The van der Waals surface area contributed by atoms with E-state index in [1.165, 1.54) is 24.3 Å². The van der Waals surface area contributed by atoms with Crippen LogP contribution < -0.4 is 19.8 Å². The number of aromatic amines is 1. The third-order valence-corrected chi connectivity index (χ3v) is 4.95. The van der Waals surface area contributed by atoms with Crippen molar-refractivity contribution in [2.24, 2.45) is 0 Å². The van der Waals surface area contributed by atoms with Crippen LogP contribution in [0.15, 0.2) is 56.8 Å². The van der Waals surface area contributed by atoms with Crippen LogP contribution in [0.25, 0.3) is 11.5 Å². The monoisotopic (exact) mass is 375 g/mol. The normalized spacial score (nSPS) is 13.1. The Kier molecular flexibility index (Phi) is 3.98. The molecule has 3 heterocycles. The number of sulfonamides is 1. The Morgan fingerprint density at radius 3 is 2.73 bits per heavy atom. The first-order chi connectivity index (χ1) is 12.5. The number of rotatable bonds is 5. The predicted octanol–water partition coefficient (Wildman–Crippen LogP) is 1.24. The van der Waals surface area contributed by atoms with Crippen LogP contribution in [0.3, 0.4) is 0 Å². The van der Waals surface area contributed by atoms with Gasteiger partial charge in [0.05, 0.1) is 0 Å². The molecule has 1 aliphatic heterocycles. The Labute approximate surface area is 147 Å². The number of fused-ring (bicyclic) bond motifs is 1. The first-order valence-electron chi connectivity index (χ1n) is 7.55. The summed E-state index contributed by atoms with van der Waals surface area (Å²) in [6.07, 6.45) is 0. The lowest BCUT2D eigenvalue weighted by Gasteiger charge is -2.05. The summed E-state index contributed by atoms with van der Waals surface area (Å²) in [5.41, 5.74) is 0.673. The summed E-state index contributed by atoms with van der Waals surface area (Å²) >= 11 is 0. The van der Waals surface area contributed by atoms with Gasteiger partial charge in [-0.1, -0.05) is 6.07 Å². The van der Waals surface area contributed by atoms with E-state index in [1.54, 1.807) is 18.2 Å². The first kappa shape index (κ1) is 16.4. The van der Waals surface area contributed by atoms with E-state index in [-0.39, 0.29) is 29.7 Å². The molecule has 0 unspecified atom stereocenters. The van der Waals surface area contributed by atoms with Gasteiger partial charge in [0.15, 0.2) is 17.3 Å². The van der Waals surface area contributed by atoms with Gasteiger partial charge in [0.25, 0.3) is 15.6 Å². The van der Waals surface area contributed by atoms with Crippen molar-refractivity contribution < 1.29 is 22.3 Å². The largest absolute Gasteiger partial charge is 0.454 e. The second kappa shape index (κ2) is 6.32. The molecule has 9 nitrogen and oxygen atoms in total. The van der Waals surface area contributed by atoms with Crippen LogP contribution in [0.2, 0.25) is 0 Å². The number of furan rings is 1. The SMILES string of the molecule is O=c1ccc(-c2ccc(S(=O)(=O)NCc3ccc4c(c3)OCO4)o2)n[nH]1. The quantitative estimate of drug-likeness (QED) is 0.687. The molecule has 0 saturated carbocycles. The Morgan fingerprint density at radius 1 is 1.08 bits per heavy atom. The molecule has 1 aliphatic rings. The van der Waals surface area contributed by atoms with Gasteiger partial charge in [0.2, 0.25) is 11.9 Å². The summed E-state index contributed by atoms with van der Waals surface area (Å²) in [6, 6.07) is 10.7. The van der Waals surface area contributed by atoms with Crippen LogP contribution in [0.1, 0.15) is 5.56 Å². The third-order valence-electron chi connectivity index (χ3n) is 3.68. The first-order valence-corrected chi connectivity index (χ1v) is 9.04. The highest BCUT2D eigenvalue weighted by atomic mass is 32.2. The van der Waals surface area contributed by atoms with Crippen molar-refractivity contribution >= 4 is 10.0 Å². The standard InChI is InChI=1S/C16H13N3O6S/c20-15-5-2-11(18-19-15)12-4-6-16(25-12)26(21,22)17-8-10-1-3-13-14(7-10)24-9-23-13/h1-7,17H,8-9H2,(H,19,20). The molecule has 0 saturated heterocycles. The van der Waals surface area contributed by atoms with E-state index in [4.69, 9.17) is 13.9 Å². The van der Waals surface area contributed by atoms with Crippen LogP contribution in [0.5, 0.6) is 11.5 Å². The number of H-pyrrole nitrogens is 1. The molecule has 0 amide bonds. The highest BCUT2D eigenvalue weighted by Crippen LogP contribution is 2.32. The van der Waals surface area contributed by atoms with Crippen molar-refractivity contribution in [2.45, 2.75) is 11.6 Å². The summed E-state index contributed by atoms with van der Waals surface area (Å²) < 4.78 is 43.1. The molecular weight excluding hydrogens is 362 g/mol. The highest BCUT2D eigenvalue weighted by Gasteiger charge is 2.20. The second-order valence-corrected chi connectivity index (χ2v) is 7.14. The maximum absolute atomic E-state index is 12.4. The molecule has 3 aromatic rings. The van der Waals surface area contributed by atoms with Gasteiger partial charge < -0.3 is 13.9 Å². The minimum atomic E-state index is -3.86. The number of nitrogens with one attached hydrogen (secondary N) is 2. The fraction of sp³-hybridized carbons (Fsp3) is 0.125. The molecule has 4 rings (SSSR count). The Hall–Kier alpha value is -3.11. The van der Waals surface area contributed by atoms with Gasteiger partial charge in [-0.3, -0.25) is 4.79 Å². The van der Waals surface area contributed by atoms with E-state index < -0.39 is 10.0 Å². The van der Waals surface area contributed by atoms with Crippen molar-refractivity contribution in [2.75, 3.05) is 6.79 Å². The molecule has 0 aliphatic carbocycles. The number of hydrogen-bond donors (Lipinski definition) is 2. The lowest BCUT2D eigenvalue weighted by atomic mass is 10.2. The topological polar surface area (TPSA) is 124 Å². The zero-order valence-corrected chi connectivity index (χ0v) is 14.1. The maximum atomic E-state index is 12.4. The van der Waals surface area contributed by atoms with Crippen molar-refractivity contribution in [3.05, 3.63) is 58.4 Å². The molecule has 2 N–H and O–H groups in total. The smallest absolute Gasteiger partial charge is 0.274 e. The number of aromatic nitrogens is 2. The van der Waals surface area contributed by atoms with Gasteiger partial charge in [-0.2, -0.15) is 5.10 Å². The zero-order chi connectivity index (χ0) is 18.1. The molecule has 0 bridgehead atoms. The molecule has 0 atom stereocenters. The maximum Gasteiger partial charge on any atom is 0.274 e. The van der Waals surface area contributed by atoms with Gasteiger partial charge in [-0.15, -0.1) is 0 Å². The Bertz CT molecular complexity index is 1100. The molecule has 1 aromatic carbocycles. The van der Waals surface area contributed by atoms with Crippen molar-refractivity contribution in [3.63, 3.8) is 0 Å². The minimum absolute atomic E-state index is 0.0614. The number of hydrogen-bond acceptors (Lipinski definition) is 7. The van der Waals surface area contributed by atoms with Gasteiger partial charge in [-0.05, 0) is 35.9 Å². The van der Waals surface area contributed by atoms with Crippen LogP contribution in [-0.4, -0.2) is 25.4 Å². The van der Waals surface area contributed by atoms with E-state index >= 15 is 0 Å². The molecule has 134 valence electrons. The summed E-state index contributed by atoms with van der Waals surface area (Å²) in [4.78, 5) is 11.0. The van der Waals surface area contributed by atoms with E-state index in [9.17, 15) is 13.2 Å². The average Bonchev–Trinajstić information content (AvgIpc) is 3.30. The Morgan fingerprint density at radius 2 is 1.92 bits per heavy atom. The average molecular weight is 375 g/mol. The molecule has 26 heavy (non-hydrogen) atoms. The minimum Gasteiger partial charge on any atom is -0.454 e. The van der Waals surface area contributed by atoms with Gasteiger partial charge in [-0.25, -0.2) is 18.2 Å².